The van der Waals surface area contributed by atoms with E-state index in [2.05, 4.69) is 28.3 Å². The van der Waals surface area contributed by atoms with Gasteiger partial charge in [-0.25, -0.2) is 0 Å². The Kier molecular flexibility index (Phi) is 4.22. The molecule has 1 aliphatic rings. The van der Waals surface area contributed by atoms with Crippen molar-refractivity contribution in [2.45, 2.75) is 25.0 Å². The van der Waals surface area contributed by atoms with Gasteiger partial charge in [-0.15, -0.1) is 0 Å². The minimum absolute atomic E-state index is 0.681. The number of hydrogen-bond acceptors (Lipinski definition) is 4. The molecular formula is C12H17N3S. The predicted octanol–water partition coefficient (Wildman–Crippen LogP) is 2.10. The Labute approximate surface area is 101 Å². The summed E-state index contributed by atoms with van der Waals surface area (Å²) in [6, 6.07) is 4.08. The molecule has 0 aliphatic carbocycles. The average Bonchev–Trinajstić information content (AvgIpc) is 2.78. The molecule has 86 valence electrons. The monoisotopic (exact) mass is 235 g/mol. The van der Waals surface area contributed by atoms with Crippen LogP contribution in [0, 0.1) is 0 Å². The first-order valence-corrected chi connectivity index (χ1v) is 6.60. The fourth-order valence-corrected chi connectivity index (χ4v) is 2.55. The topological polar surface area (TPSA) is 37.3 Å². The van der Waals surface area contributed by atoms with Gasteiger partial charge in [0.1, 0.15) is 0 Å². The zero-order valence-electron chi connectivity index (χ0n) is 9.52. The number of hydrogen-bond donors (Lipinski definition) is 1. The summed E-state index contributed by atoms with van der Waals surface area (Å²) in [4.78, 5) is 8.57. The highest BCUT2D eigenvalue weighted by Crippen LogP contribution is 2.21. The van der Waals surface area contributed by atoms with E-state index < -0.39 is 0 Å². The lowest BCUT2D eigenvalue weighted by atomic mass is 10.2. The maximum atomic E-state index is 4.47. The van der Waals surface area contributed by atoms with Crippen molar-refractivity contribution in [1.82, 2.24) is 10.3 Å². The number of nitrogens with zero attached hydrogens (tertiary/aromatic N) is 2. The maximum Gasteiger partial charge on any atom is 0.156 e. The lowest BCUT2D eigenvalue weighted by molar-refractivity contribution is 0.835. The first-order valence-electron chi connectivity index (χ1n) is 5.72. The zero-order valence-corrected chi connectivity index (χ0v) is 10.3. The van der Waals surface area contributed by atoms with E-state index in [1.165, 1.54) is 12.0 Å². The number of aliphatic imine (C=N–C) groups is 1. The summed E-state index contributed by atoms with van der Waals surface area (Å²) in [5.41, 5.74) is 1.27. The second kappa shape index (κ2) is 5.89. The van der Waals surface area contributed by atoms with Crippen LogP contribution in [0.15, 0.2) is 29.5 Å². The average molecular weight is 235 g/mol. The minimum atomic E-state index is 0.681. The van der Waals surface area contributed by atoms with E-state index >= 15 is 0 Å². The minimum Gasteiger partial charge on any atom is -0.365 e. The third kappa shape index (κ3) is 3.23. The fourth-order valence-electron chi connectivity index (χ4n) is 1.59. The number of pyridine rings is 1. The van der Waals surface area contributed by atoms with Gasteiger partial charge in [0.25, 0.3) is 0 Å². The summed E-state index contributed by atoms with van der Waals surface area (Å²) in [6.45, 7) is 4.12. The van der Waals surface area contributed by atoms with Crippen molar-refractivity contribution < 1.29 is 0 Å². The maximum absolute atomic E-state index is 4.47. The fraction of sp³-hybridized carbons (Fsp3) is 0.500. The van der Waals surface area contributed by atoms with E-state index in [4.69, 9.17) is 0 Å². The Morgan fingerprint density at radius 2 is 2.50 bits per heavy atom. The Morgan fingerprint density at radius 1 is 1.56 bits per heavy atom. The van der Waals surface area contributed by atoms with Crippen LogP contribution in [0.5, 0.6) is 0 Å². The van der Waals surface area contributed by atoms with Crippen LogP contribution in [0.4, 0.5) is 0 Å². The van der Waals surface area contributed by atoms with Crippen LogP contribution < -0.4 is 5.32 Å². The molecule has 0 spiro atoms. The van der Waals surface area contributed by atoms with E-state index in [0.29, 0.717) is 5.25 Å². The smallest absolute Gasteiger partial charge is 0.156 e. The van der Waals surface area contributed by atoms with Crippen LogP contribution >= 0.6 is 11.8 Å². The first-order chi connectivity index (χ1) is 7.88. The van der Waals surface area contributed by atoms with Crippen LogP contribution in [0.1, 0.15) is 18.9 Å². The van der Waals surface area contributed by atoms with Crippen molar-refractivity contribution in [3.05, 3.63) is 30.1 Å². The SMILES string of the molecule is CCC1CN=C(NCCc2cccnc2)S1. The Morgan fingerprint density at radius 3 is 3.19 bits per heavy atom. The molecule has 0 bridgehead atoms. The van der Waals surface area contributed by atoms with E-state index in [-0.39, 0.29) is 0 Å². The molecule has 1 aliphatic heterocycles. The van der Waals surface area contributed by atoms with Crippen molar-refractivity contribution in [2.75, 3.05) is 13.1 Å². The van der Waals surface area contributed by atoms with Gasteiger partial charge in [-0.2, -0.15) is 0 Å². The van der Waals surface area contributed by atoms with Gasteiger partial charge in [-0.3, -0.25) is 9.98 Å². The van der Waals surface area contributed by atoms with Crippen LogP contribution in [0.3, 0.4) is 0 Å². The third-order valence-electron chi connectivity index (χ3n) is 2.58. The summed E-state index contributed by atoms with van der Waals surface area (Å²) in [6.07, 6.45) is 5.92. The zero-order chi connectivity index (χ0) is 11.2. The van der Waals surface area contributed by atoms with Crippen LogP contribution in [-0.4, -0.2) is 28.5 Å². The molecule has 1 N–H and O–H groups in total. The van der Waals surface area contributed by atoms with E-state index in [1.54, 1.807) is 6.20 Å². The molecule has 0 aromatic carbocycles. The summed E-state index contributed by atoms with van der Waals surface area (Å²) in [5, 5.41) is 5.17. The largest absolute Gasteiger partial charge is 0.365 e. The number of amidine groups is 1. The van der Waals surface area contributed by atoms with Gasteiger partial charge >= 0.3 is 0 Å². The summed E-state index contributed by atoms with van der Waals surface area (Å²) < 4.78 is 0. The van der Waals surface area contributed by atoms with Crippen molar-refractivity contribution in [2.24, 2.45) is 4.99 Å². The van der Waals surface area contributed by atoms with Gasteiger partial charge < -0.3 is 5.32 Å². The first kappa shape index (κ1) is 11.5. The number of thioether (sulfide) groups is 1. The lowest BCUT2D eigenvalue weighted by Crippen LogP contribution is -2.22. The summed E-state index contributed by atoms with van der Waals surface area (Å²) in [7, 11) is 0. The van der Waals surface area contributed by atoms with E-state index in [9.17, 15) is 0 Å². The summed E-state index contributed by atoms with van der Waals surface area (Å²) in [5.74, 6) is 0. The third-order valence-corrected chi connectivity index (χ3v) is 3.90. The van der Waals surface area contributed by atoms with Gasteiger partial charge in [0.2, 0.25) is 0 Å². The molecule has 2 heterocycles. The molecule has 0 saturated carbocycles. The Balaban J connectivity index is 1.69. The molecular weight excluding hydrogens is 218 g/mol. The van der Waals surface area contributed by atoms with Crippen LogP contribution in [-0.2, 0) is 6.42 Å². The normalized spacial score (nSPS) is 19.6. The van der Waals surface area contributed by atoms with Crippen molar-refractivity contribution in [3.8, 4) is 0 Å². The van der Waals surface area contributed by atoms with Crippen molar-refractivity contribution >= 4 is 16.9 Å². The van der Waals surface area contributed by atoms with Gasteiger partial charge in [-0.05, 0) is 24.5 Å². The Hall–Kier alpha value is -1.03. The molecule has 1 aromatic rings. The number of rotatable bonds is 4. The molecule has 0 saturated heterocycles. The second-order valence-electron chi connectivity index (χ2n) is 3.83. The van der Waals surface area contributed by atoms with Gasteiger partial charge in [-0.1, -0.05) is 24.8 Å². The standard InChI is InChI=1S/C12H17N3S/c1-2-11-9-15-12(16-11)14-7-5-10-4-3-6-13-8-10/h3-4,6,8,11H,2,5,7,9H2,1H3,(H,14,15). The highest BCUT2D eigenvalue weighted by Gasteiger charge is 2.16. The van der Waals surface area contributed by atoms with Gasteiger partial charge in [0.15, 0.2) is 5.17 Å². The molecule has 0 fully saturated rings. The second-order valence-corrected chi connectivity index (χ2v) is 5.12. The molecule has 2 rings (SSSR count). The van der Waals surface area contributed by atoms with E-state index in [1.807, 2.05) is 24.0 Å². The Bertz CT molecular complexity index is 351. The lowest BCUT2D eigenvalue weighted by Gasteiger charge is -2.06. The summed E-state index contributed by atoms with van der Waals surface area (Å²) >= 11 is 1.87. The molecule has 16 heavy (non-hydrogen) atoms. The predicted molar refractivity (Wildman–Crippen MR) is 69.9 cm³/mol. The quantitative estimate of drug-likeness (QED) is 0.868. The number of nitrogens with one attached hydrogen (secondary N) is 1. The van der Waals surface area contributed by atoms with Crippen LogP contribution in [0.25, 0.3) is 0 Å². The van der Waals surface area contributed by atoms with Gasteiger partial charge in [0, 0.05) is 24.2 Å². The molecule has 0 amide bonds. The molecule has 1 atom stereocenters. The van der Waals surface area contributed by atoms with Crippen LogP contribution in [0.2, 0.25) is 0 Å². The highest BCUT2D eigenvalue weighted by atomic mass is 32.2. The van der Waals surface area contributed by atoms with Crippen molar-refractivity contribution in [1.29, 1.82) is 0 Å². The van der Waals surface area contributed by atoms with E-state index in [0.717, 1.165) is 24.7 Å². The molecule has 1 aromatic heterocycles. The molecule has 0 radical (unpaired) electrons. The van der Waals surface area contributed by atoms with Crippen molar-refractivity contribution in [3.63, 3.8) is 0 Å². The highest BCUT2D eigenvalue weighted by molar-refractivity contribution is 8.14. The number of aromatic nitrogens is 1. The van der Waals surface area contributed by atoms with Gasteiger partial charge in [0.05, 0.1) is 6.54 Å². The molecule has 1 unspecified atom stereocenters. The molecule has 4 heteroatoms. The molecule has 3 nitrogen and oxygen atoms in total.